The summed E-state index contributed by atoms with van der Waals surface area (Å²) < 4.78 is 24.1. The molecule has 136 valence electrons. The first-order valence-electron chi connectivity index (χ1n) is 8.62. The van der Waals surface area contributed by atoms with E-state index in [4.69, 9.17) is 9.47 Å². The van der Waals surface area contributed by atoms with E-state index in [0.717, 1.165) is 18.4 Å². The van der Waals surface area contributed by atoms with Crippen LogP contribution in [0.3, 0.4) is 0 Å². The second kappa shape index (κ2) is 8.04. The number of nitrogens with zero attached hydrogens (tertiary/aromatic N) is 1. The van der Waals surface area contributed by atoms with Crippen molar-refractivity contribution in [3.63, 3.8) is 0 Å². The predicted octanol–water partition coefficient (Wildman–Crippen LogP) is 4.38. The number of benzene rings is 2. The van der Waals surface area contributed by atoms with Crippen LogP contribution >= 0.6 is 0 Å². The number of halogens is 1. The lowest BCUT2D eigenvalue weighted by Gasteiger charge is -2.25. The summed E-state index contributed by atoms with van der Waals surface area (Å²) in [6, 6.07) is 11.5. The number of hydrogen-bond donors (Lipinski definition) is 0. The summed E-state index contributed by atoms with van der Waals surface area (Å²) in [5.74, 6) is 0.741. The molecule has 0 spiro atoms. The molecule has 0 aromatic heterocycles. The number of hydrogen-bond acceptors (Lipinski definition) is 3. The van der Waals surface area contributed by atoms with Crippen molar-refractivity contribution >= 4 is 5.91 Å². The number of ether oxygens (including phenoxy) is 2. The molecule has 0 bridgehead atoms. The third-order valence-corrected chi connectivity index (χ3v) is 4.54. The molecule has 2 aromatic rings. The molecule has 1 atom stereocenters. The Hall–Kier alpha value is -2.82. The van der Waals surface area contributed by atoms with E-state index in [9.17, 15) is 9.18 Å². The summed E-state index contributed by atoms with van der Waals surface area (Å²) >= 11 is 0. The highest BCUT2D eigenvalue weighted by Crippen LogP contribution is 2.35. The maximum Gasteiger partial charge on any atom is 0.254 e. The standard InChI is InChI=1S/C21H22FNO3/c1-3-13-26-19-11-8-16(14-20(19)25-2)21(24)23-12-4-5-18(23)15-6-9-17(22)10-7-15/h3,6-11,14,18H,1,4-5,12-13H2,2H3. The summed E-state index contributed by atoms with van der Waals surface area (Å²) in [6.07, 6.45) is 3.44. The topological polar surface area (TPSA) is 38.8 Å². The van der Waals surface area contributed by atoms with Crippen LogP contribution in [0.2, 0.25) is 0 Å². The second-order valence-electron chi connectivity index (χ2n) is 6.17. The van der Waals surface area contributed by atoms with Crippen molar-refractivity contribution in [1.29, 1.82) is 0 Å². The molecule has 0 N–H and O–H groups in total. The normalized spacial score (nSPS) is 16.4. The van der Waals surface area contributed by atoms with E-state index >= 15 is 0 Å². The van der Waals surface area contributed by atoms with Crippen molar-refractivity contribution in [3.05, 3.63) is 72.1 Å². The summed E-state index contributed by atoms with van der Waals surface area (Å²) in [6.45, 7) is 4.66. The van der Waals surface area contributed by atoms with E-state index in [0.29, 0.717) is 30.2 Å². The highest BCUT2D eigenvalue weighted by Gasteiger charge is 2.31. The Labute approximate surface area is 152 Å². The van der Waals surface area contributed by atoms with Gasteiger partial charge in [-0.2, -0.15) is 0 Å². The fourth-order valence-corrected chi connectivity index (χ4v) is 3.28. The fraction of sp³-hybridized carbons (Fsp3) is 0.286. The number of methoxy groups -OCH3 is 1. The zero-order valence-corrected chi connectivity index (χ0v) is 14.8. The summed E-state index contributed by atoms with van der Waals surface area (Å²) in [5.41, 5.74) is 1.50. The van der Waals surface area contributed by atoms with Gasteiger partial charge in [0.15, 0.2) is 11.5 Å². The first kappa shape index (κ1) is 18.0. The molecule has 4 nitrogen and oxygen atoms in total. The lowest BCUT2D eigenvalue weighted by molar-refractivity contribution is 0.0735. The van der Waals surface area contributed by atoms with Gasteiger partial charge in [-0.25, -0.2) is 4.39 Å². The van der Waals surface area contributed by atoms with Crippen LogP contribution in [0, 0.1) is 5.82 Å². The predicted molar refractivity (Wildman–Crippen MR) is 98.1 cm³/mol. The SMILES string of the molecule is C=CCOc1ccc(C(=O)N2CCCC2c2ccc(F)cc2)cc1OC. The zero-order valence-electron chi connectivity index (χ0n) is 14.8. The average Bonchev–Trinajstić information content (AvgIpc) is 3.16. The molecule has 1 aliphatic heterocycles. The maximum absolute atomic E-state index is 13.2. The fourth-order valence-electron chi connectivity index (χ4n) is 3.28. The van der Waals surface area contributed by atoms with Crippen LogP contribution in [0.25, 0.3) is 0 Å². The monoisotopic (exact) mass is 355 g/mol. The van der Waals surface area contributed by atoms with Gasteiger partial charge in [0.25, 0.3) is 5.91 Å². The van der Waals surface area contributed by atoms with E-state index < -0.39 is 0 Å². The van der Waals surface area contributed by atoms with Gasteiger partial charge in [0.05, 0.1) is 13.2 Å². The summed E-state index contributed by atoms with van der Waals surface area (Å²) in [7, 11) is 1.54. The molecule has 26 heavy (non-hydrogen) atoms. The van der Waals surface area contributed by atoms with Crippen LogP contribution in [-0.2, 0) is 0 Å². The molecule has 1 fully saturated rings. The lowest BCUT2D eigenvalue weighted by atomic mass is 10.0. The van der Waals surface area contributed by atoms with Crippen LogP contribution in [0.1, 0.15) is 34.8 Å². The van der Waals surface area contributed by atoms with Gasteiger partial charge in [0, 0.05) is 12.1 Å². The Balaban J connectivity index is 1.83. The molecule has 2 aromatic carbocycles. The van der Waals surface area contributed by atoms with Gasteiger partial charge in [-0.05, 0) is 48.7 Å². The molecule has 0 radical (unpaired) electrons. The van der Waals surface area contributed by atoms with Gasteiger partial charge in [0.1, 0.15) is 12.4 Å². The van der Waals surface area contributed by atoms with Crippen molar-refractivity contribution in [3.8, 4) is 11.5 Å². The van der Waals surface area contributed by atoms with Gasteiger partial charge in [-0.15, -0.1) is 0 Å². The molecule has 1 amide bonds. The Bertz CT molecular complexity index is 788. The van der Waals surface area contributed by atoms with Crippen LogP contribution < -0.4 is 9.47 Å². The van der Waals surface area contributed by atoms with Crippen LogP contribution in [0.5, 0.6) is 11.5 Å². The van der Waals surface area contributed by atoms with Crippen LogP contribution in [-0.4, -0.2) is 31.1 Å². The van der Waals surface area contributed by atoms with Crippen molar-refractivity contribution in [2.24, 2.45) is 0 Å². The van der Waals surface area contributed by atoms with E-state index in [1.165, 1.54) is 12.1 Å². The molecule has 3 rings (SSSR count). The van der Waals surface area contributed by atoms with Crippen molar-refractivity contribution < 1.29 is 18.7 Å². The number of carbonyl (C=O) groups is 1. The van der Waals surface area contributed by atoms with Crippen molar-refractivity contribution in [2.75, 3.05) is 20.3 Å². The van der Waals surface area contributed by atoms with Gasteiger partial charge in [0.2, 0.25) is 0 Å². The van der Waals surface area contributed by atoms with Gasteiger partial charge in [-0.1, -0.05) is 24.8 Å². The molecule has 0 aliphatic carbocycles. The first-order valence-corrected chi connectivity index (χ1v) is 8.62. The van der Waals surface area contributed by atoms with Gasteiger partial charge < -0.3 is 14.4 Å². The zero-order chi connectivity index (χ0) is 18.5. The molecule has 0 saturated carbocycles. The van der Waals surface area contributed by atoms with Crippen molar-refractivity contribution in [1.82, 2.24) is 4.90 Å². The highest BCUT2D eigenvalue weighted by atomic mass is 19.1. The highest BCUT2D eigenvalue weighted by molar-refractivity contribution is 5.95. The largest absolute Gasteiger partial charge is 0.493 e. The Morgan fingerprint density at radius 1 is 1.27 bits per heavy atom. The number of amides is 1. The molecule has 1 aliphatic rings. The summed E-state index contributed by atoms with van der Waals surface area (Å²) in [5, 5.41) is 0. The molecular formula is C21H22FNO3. The first-order chi connectivity index (χ1) is 12.6. The summed E-state index contributed by atoms with van der Waals surface area (Å²) in [4.78, 5) is 14.9. The Kier molecular flexibility index (Phi) is 5.56. The minimum absolute atomic E-state index is 0.0363. The van der Waals surface area contributed by atoms with Crippen LogP contribution in [0.15, 0.2) is 55.1 Å². The molecule has 1 heterocycles. The quantitative estimate of drug-likeness (QED) is 0.722. The van der Waals surface area contributed by atoms with Gasteiger partial charge in [-0.3, -0.25) is 4.79 Å². The number of carbonyl (C=O) groups excluding carboxylic acids is 1. The molecule has 1 saturated heterocycles. The molecular weight excluding hydrogens is 333 g/mol. The third kappa shape index (κ3) is 3.72. The molecule has 5 heteroatoms. The Morgan fingerprint density at radius 3 is 2.73 bits per heavy atom. The average molecular weight is 355 g/mol. The third-order valence-electron chi connectivity index (χ3n) is 4.54. The minimum atomic E-state index is -0.274. The number of likely N-dealkylation sites (tertiary alicyclic amines) is 1. The smallest absolute Gasteiger partial charge is 0.254 e. The van der Waals surface area contributed by atoms with E-state index in [2.05, 4.69) is 6.58 Å². The van der Waals surface area contributed by atoms with Gasteiger partial charge >= 0.3 is 0 Å². The molecule has 1 unspecified atom stereocenters. The lowest BCUT2D eigenvalue weighted by Crippen LogP contribution is -2.30. The van der Waals surface area contributed by atoms with Crippen LogP contribution in [0.4, 0.5) is 4.39 Å². The van der Waals surface area contributed by atoms with Crippen molar-refractivity contribution in [2.45, 2.75) is 18.9 Å². The Morgan fingerprint density at radius 2 is 2.04 bits per heavy atom. The van der Waals surface area contributed by atoms with E-state index in [1.54, 1.807) is 43.5 Å². The van der Waals surface area contributed by atoms with E-state index in [1.807, 2.05) is 4.90 Å². The number of rotatable bonds is 6. The second-order valence-corrected chi connectivity index (χ2v) is 6.17. The minimum Gasteiger partial charge on any atom is -0.493 e. The van der Waals surface area contributed by atoms with E-state index in [-0.39, 0.29) is 17.8 Å². The maximum atomic E-state index is 13.2.